The van der Waals surface area contributed by atoms with Crippen LogP contribution in [0.4, 0.5) is 29.3 Å². The summed E-state index contributed by atoms with van der Waals surface area (Å²) in [5, 5.41) is 4.92. The fourth-order valence-corrected chi connectivity index (χ4v) is 1.92. The quantitative estimate of drug-likeness (QED) is 0.793. The SMILES string of the molecule is CCCOc1ccc(NC(=O)Nc2cccc(C(F)(F)F)c2)cc1. The van der Waals surface area contributed by atoms with E-state index < -0.39 is 17.8 Å². The van der Waals surface area contributed by atoms with Gasteiger partial charge in [-0.3, -0.25) is 0 Å². The first-order valence-electron chi connectivity index (χ1n) is 7.36. The maximum Gasteiger partial charge on any atom is 0.416 e. The molecule has 0 aliphatic heterocycles. The zero-order valence-corrected chi connectivity index (χ0v) is 13.0. The summed E-state index contributed by atoms with van der Waals surface area (Å²) in [5.41, 5.74) is -0.258. The van der Waals surface area contributed by atoms with Crippen molar-refractivity contribution in [3.05, 3.63) is 54.1 Å². The number of hydrogen-bond acceptors (Lipinski definition) is 2. The Morgan fingerprint density at radius 1 is 1.04 bits per heavy atom. The molecule has 2 aromatic carbocycles. The topological polar surface area (TPSA) is 50.4 Å². The number of hydrogen-bond donors (Lipinski definition) is 2. The van der Waals surface area contributed by atoms with Crippen LogP contribution >= 0.6 is 0 Å². The van der Waals surface area contributed by atoms with Gasteiger partial charge in [0.15, 0.2) is 0 Å². The van der Waals surface area contributed by atoms with Crippen LogP contribution in [0.15, 0.2) is 48.5 Å². The highest BCUT2D eigenvalue weighted by atomic mass is 19.4. The van der Waals surface area contributed by atoms with Gasteiger partial charge in [0.2, 0.25) is 0 Å². The summed E-state index contributed by atoms with van der Waals surface area (Å²) in [6.07, 6.45) is -3.57. The van der Waals surface area contributed by atoms with Crippen molar-refractivity contribution in [2.24, 2.45) is 0 Å². The molecule has 2 aromatic rings. The van der Waals surface area contributed by atoms with E-state index in [2.05, 4.69) is 10.6 Å². The average molecular weight is 338 g/mol. The Morgan fingerprint density at radius 2 is 1.71 bits per heavy atom. The minimum Gasteiger partial charge on any atom is -0.494 e. The number of alkyl halides is 3. The number of carbonyl (C=O) groups is 1. The number of urea groups is 1. The molecule has 0 fully saturated rings. The summed E-state index contributed by atoms with van der Waals surface area (Å²) in [7, 11) is 0. The monoisotopic (exact) mass is 338 g/mol. The largest absolute Gasteiger partial charge is 0.494 e. The average Bonchev–Trinajstić information content (AvgIpc) is 2.53. The normalized spacial score (nSPS) is 11.0. The molecule has 2 N–H and O–H groups in total. The van der Waals surface area contributed by atoms with Gasteiger partial charge in [-0.2, -0.15) is 13.2 Å². The second-order valence-corrected chi connectivity index (χ2v) is 5.03. The highest BCUT2D eigenvalue weighted by Gasteiger charge is 2.30. The molecule has 0 spiro atoms. The lowest BCUT2D eigenvalue weighted by molar-refractivity contribution is -0.137. The summed E-state index contributed by atoms with van der Waals surface area (Å²) in [6, 6.07) is 10.5. The Balaban J connectivity index is 1.96. The Hall–Kier alpha value is -2.70. The molecule has 2 rings (SSSR count). The molecule has 0 atom stereocenters. The third-order valence-corrected chi connectivity index (χ3v) is 3.03. The van der Waals surface area contributed by atoms with Gasteiger partial charge in [0.1, 0.15) is 5.75 Å². The van der Waals surface area contributed by atoms with Crippen molar-refractivity contribution in [1.82, 2.24) is 0 Å². The number of halogens is 3. The highest BCUT2D eigenvalue weighted by Crippen LogP contribution is 2.30. The molecule has 7 heteroatoms. The second-order valence-electron chi connectivity index (χ2n) is 5.03. The van der Waals surface area contributed by atoms with Crippen LogP contribution in [0.5, 0.6) is 5.75 Å². The molecule has 0 aromatic heterocycles. The van der Waals surface area contributed by atoms with Crippen LogP contribution in [-0.2, 0) is 6.18 Å². The zero-order valence-electron chi connectivity index (χ0n) is 13.0. The molecule has 0 heterocycles. The van der Waals surface area contributed by atoms with E-state index in [1.165, 1.54) is 12.1 Å². The molecule has 128 valence electrons. The van der Waals surface area contributed by atoms with E-state index in [0.717, 1.165) is 18.6 Å². The van der Waals surface area contributed by atoms with Gasteiger partial charge in [0.05, 0.1) is 12.2 Å². The smallest absolute Gasteiger partial charge is 0.416 e. The van der Waals surface area contributed by atoms with E-state index in [0.29, 0.717) is 18.0 Å². The van der Waals surface area contributed by atoms with E-state index in [9.17, 15) is 18.0 Å². The maximum atomic E-state index is 12.6. The summed E-state index contributed by atoms with van der Waals surface area (Å²) >= 11 is 0. The molecule has 24 heavy (non-hydrogen) atoms. The van der Waals surface area contributed by atoms with Crippen molar-refractivity contribution >= 4 is 17.4 Å². The second kappa shape index (κ2) is 7.72. The summed E-state index contributed by atoms with van der Waals surface area (Å²) in [6.45, 7) is 2.59. The van der Waals surface area contributed by atoms with Crippen LogP contribution in [0.1, 0.15) is 18.9 Å². The molecule has 0 aliphatic rings. The lowest BCUT2D eigenvalue weighted by Gasteiger charge is -2.11. The van der Waals surface area contributed by atoms with Crippen LogP contribution in [0.2, 0.25) is 0 Å². The number of anilines is 2. The Morgan fingerprint density at radius 3 is 2.33 bits per heavy atom. The number of ether oxygens (including phenoxy) is 1. The van der Waals surface area contributed by atoms with Crippen LogP contribution in [-0.4, -0.2) is 12.6 Å². The van der Waals surface area contributed by atoms with E-state index in [4.69, 9.17) is 4.74 Å². The third-order valence-electron chi connectivity index (χ3n) is 3.03. The lowest BCUT2D eigenvalue weighted by atomic mass is 10.2. The van der Waals surface area contributed by atoms with Gasteiger partial charge in [0.25, 0.3) is 0 Å². The van der Waals surface area contributed by atoms with Crippen LogP contribution in [0.3, 0.4) is 0 Å². The highest BCUT2D eigenvalue weighted by molar-refractivity contribution is 5.99. The molecule has 0 saturated heterocycles. The number of amides is 2. The molecule has 0 unspecified atom stereocenters. The Bertz CT molecular complexity index is 685. The summed E-state index contributed by atoms with van der Waals surface area (Å²) < 4.78 is 43.3. The number of nitrogens with one attached hydrogen (secondary N) is 2. The van der Waals surface area contributed by atoms with Crippen molar-refractivity contribution in [1.29, 1.82) is 0 Å². The minimum atomic E-state index is -4.46. The lowest BCUT2D eigenvalue weighted by Crippen LogP contribution is -2.19. The van der Waals surface area contributed by atoms with Gasteiger partial charge in [-0.05, 0) is 48.9 Å². The number of carbonyl (C=O) groups excluding carboxylic acids is 1. The van der Waals surface area contributed by atoms with E-state index >= 15 is 0 Å². The fourth-order valence-electron chi connectivity index (χ4n) is 1.92. The van der Waals surface area contributed by atoms with E-state index in [1.807, 2.05) is 6.92 Å². The summed E-state index contributed by atoms with van der Waals surface area (Å²) in [5.74, 6) is 0.681. The van der Waals surface area contributed by atoms with Crippen molar-refractivity contribution in [3.63, 3.8) is 0 Å². The molecular formula is C17H17F3N2O2. The van der Waals surface area contributed by atoms with Crippen LogP contribution in [0.25, 0.3) is 0 Å². The molecule has 0 bridgehead atoms. The molecular weight excluding hydrogens is 321 g/mol. The summed E-state index contributed by atoms with van der Waals surface area (Å²) in [4.78, 5) is 11.9. The molecule has 0 saturated carbocycles. The van der Waals surface area contributed by atoms with Crippen molar-refractivity contribution in [2.75, 3.05) is 17.2 Å². The third kappa shape index (κ3) is 5.19. The zero-order chi connectivity index (χ0) is 17.6. The van der Waals surface area contributed by atoms with E-state index in [-0.39, 0.29) is 5.69 Å². The minimum absolute atomic E-state index is 0.0604. The molecule has 0 aliphatic carbocycles. The first kappa shape index (κ1) is 17.7. The van der Waals surface area contributed by atoms with Gasteiger partial charge in [-0.25, -0.2) is 4.79 Å². The van der Waals surface area contributed by atoms with Gasteiger partial charge in [0, 0.05) is 11.4 Å². The molecule has 2 amide bonds. The Labute approximate surface area is 137 Å². The van der Waals surface area contributed by atoms with Crippen molar-refractivity contribution in [2.45, 2.75) is 19.5 Å². The molecule has 4 nitrogen and oxygen atoms in total. The van der Waals surface area contributed by atoms with Crippen molar-refractivity contribution in [3.8, 4) is 5.75 Å². The predicted molar refractivity (Wildman–Crippen MR) is 86.3 cm³/mol. The maximum absolute atomic E-state index is 12.6. The first-order chi connectivity index (χ1) is 11.4. The van der Waals surface area contributed by atoms with Gasteiger partial charge >= 0.3 is 12.2 Å². The first-order valence-corrected chi connectivity index (χ1v) is 7.36. The van der Waals surface area contributed by atoms with Gasteiger partial charge in [-0.15, -0.1) is 0 Å². The number of rotatable bonds is 5. The van der Waals surface area contributed by atoms with Gasteiger partial charge < -0.3 is 15.4 Å². The van der Waals surface area contributed by atoms with E-state index in [1.54, 1.807) is 24.3 Å². The van der Waals surface area contributed by atoms with Gasteiger partial charge in [-0.1, -0.05) is 13.0 Å². The van der Waals surface area contributed by atoms with Crippen molar-refractivity contribution < 1.29 is 22.7 Å². The van der Waals surface area contributed by atoms with Crippen LogP contribution in [0, 0.1) is 0 Å². The molecule has 0 radical (unpaired) electrons. The number of benzene rings is 2. The van der Waals surface area contributed by atoms with Crippen LogP contribution < -0.4 is 15.4 Å². The fraction of sp³-hybridized carbons (Fsp3) is 0.235. The standard InChI is InChI=1S/C17H17F3N2O2/c1-2-10-24-15-8-6-13(7-9-15)21-16(23)22-14-5-3-4-12(11-14)17(18,19)20/h3-9,11H,2,10H2,1H3,(H2,21,22,23). The predicted octanol–water partition coefficient (Wildman–Crippen LogP) is 5.14. The Kier molecular flexibility index (Phi) is 5.68.